The van der Waals surface area contributed by atoms with E-state index in [0.717, 1.165) is 5.75 Å². The monoisotopic (exact) mass is 271 g/mol. The molecule has 4 nitrogen and oxygen atoms in total. The molecule has 0 spiro atoms. The second kappa shape index (κ2) is 6.19. The van der Waals surface area contributed by atoms with E-state index < -0.39 is 5.97 Å². The van der Waals surface area contributed by atoms with Crippen molar-refractivity contribution >= 4 is 5.97 Å². The van der Waals surface area contributed by atoms with E-state index in [2.05, 4.69) is 18.8 Å². The highest BCUT2D eigenvalue weighted by Gasteiger charge is 2.05. The molecule has 104 valence electrons. The summed E-state index contributed by atoms with van der Waals surface area (Å²) < 4.78 is 5.61. The summed E-state index contributed by atoms with van der Waals surface area (Å²) in [4.78, 5) is 14.8. The number of benzene rings is 1. The highest BCUT2D eigenvalue weighted by atomic mass is 16.5. The molecule has 0 aliphatic carbocycles. The van der Waals surface area contributed by atoms with Gasteiger partial charge < -0.3 is 9.84 Å². The number of hydrogen-bond donors (Lipinski definition) is 1. The van der Waals surface area contributed by atoms with Crippen molar-refractivity contribution in [3.63, 3.8) is 0 Å². The van der Waals surface area contributed by atoms with Crippen LogP contribution in [0.2, 0.25) is 0 Å². The molecule has 1 aromatic heterocycles. The van der Waals surface area contributed by atoms with E-state index in [-0.39, 0.29) is 12.3 Å². The molecule has 0 bridgehead atoms. The summed E-state index contributed by atoms with van der Waals surface area (Å²) in [6, 6.07) is 12.8. The molecular weight excluding hydrogens is 254 g/mol. The lowest BCUT2D eigenvalue weighted by molar-refractivity contribution is 0.0690. The molecule has 2 rings (SSSR count). The van der Waals surface area contributed by atoms with Crippen molar-refractivity contribution < 1.29 is 14.6 Å². The molecule has 0 fully saturated rings. The number of rotatable bonds is 5. The third kappa shape index (κ3) is 3.57. The van der Waals surface area contributed by atoms with Gasteiger partial charge in [0.05, 0.1) is 5.69 Å². The zero-order chi connectivity index (χ0) is 14.5. The number of nitrogens with zero attached hydrogens (tertiary/aromatic N) is 1. The first-order valence-electron chi connectivity index (χ1n) is 6.48. The predicted molar refractivity (Wildman–Crippen MR) is 76.1 cm³/mol. The minimum atomic E-state index is -1.03. The molecule has 0 saturated heterocycles. The summed E-state index contributed by atoms with van der Waals surface area (Å²) in [5.74, 6) is 0.197. The average molecular weight is 271 g/mol. The van der Waals surface area contributed by atoms with Gasteiger partial charge in [0.1, 0.15) is 18.1 Å². The molecule has 1 heterocycles. The summed E-state index contributed by atoms with van der Waals surface area (Å²) in [5.41, 5.74) is 1.88. The van der Waals surface area contributed by atoms with Crippen LogP contribution in [-0.4, -0.2) is 16.1 Å². The Balaban J connectivity index is 2.01. The number of carboxylic acids is 1. The Morgan fingerprint density at radius 2 is 1.90 bits per heavy atom. The van der Waals surface area contributed by atoms with Crippen molar-refractivity contribution in [1.82, 2.24) is 4.98 Å². The number of ether oxygens (including phenoxy) is 1. The van der Waals surface area contributed by atoms with Gasteiger partial charge in [0.15, 0.2) is 0 Å². The van der Waals surface area contributed by atoms with Gasteiger partial charge in [-0.3, -0.25) is 0 Å². The number of aromatic carboxylic acids is 1. The zero-order valence-corrected chi connectivity index (χ0v) is 11.5. The number of carbonyl (C=O) groups is 1. The summed E-state index contributed by atoms with van der Waals surface area (Å²) in [5, 5.41) is 8.87. The van der Waals surface area contributed by atoms with Crippen molar-refractivity contribution in [3.05, 3.63) is 59.4 Å². The third-order valence-corrected chi connectivity index (χ3v) is 2.96. The van der Waals surface area contributed by atoms with E-state index in [1.54, 1.807) is 12.1 Å². The second-order valence-corrected chi connectivity index (χ2v) is 4.83. The Kier molecular flexibility index (Phi) is 4.35. The van der Waals surface area contributed by atoms with Crippen molar-refractivity contribution in [1.29, 1.82) is 0 Å². The van der Waals surface area contributed by atoms with Gasteiger partial charge in [-0.2, -0.15) is 0 Å². The maximum atomic E-state index is 10.8. The number of pyridine rings is 1. The third-order valence-electron chi connectivity index (χ3n) is 2.96. The van der Waals surface area contributed by atoms with Crippen molar-refractivity contribution in [2.45, 2.75) is 26.4 Å². The van der Waals surface area contributed by atoms with Crippen LogP contribution in [0.4, 0.5) is 0 Å². The van der Waals surface area contributed by atoms with Gasteiger partial charge >= 0.3 is 5.97 Å². The van der Waals surface area contributed by atoms with Crippen LogP contribution < -0.4 is 4.74 Å². The smallest absolute Gasteiger partial charge is 0.354 e. The van der Waals surface area contributed by atoms with Crippen LogP contribution in [0, 0.1) is 0 Å². The Morgan fingerprint density at radius 1 is 1.20 bits per heavy atom. The van der Waals surface area contributed by atoms with Crippen LogP contribution in [0.5, 0.6) is 5.75 Å². The molecule has 0 saturated carbocycles. The van der Waals surface area contributed by atoms with Crippen LogP contribution in [0.1, 0.15) is 41.5 Å². The lowest BCUT2D eigenvalue weighted by Gasteiger charge is -2.09. The quantitative estimate of drug-likeness (QED) is 0.904. The molecule has 1 aromatic carbocycles. The molecule has 4 heteroatoms. The van der Waals surface area contributed by atoms with Gasteiger partial charge in [-0.15, -0.1) is 0 Å². The van der Waals surface area contributed by atoms with E-state index in [4.69, 9.17) is 9.84 Å². The van der Waals surface area contributed by atoms with Crippen molar-refractivity contribution in [2.75, 3.05) is 0 Å². The van der Waals surface area contributed by atoms with Gasteiger partial charge in [0.25, 0.3) is 0 Å². The molecule has 0 radical (unpaired) electrons. The van der Waals surface area contributed by atoms with Crippen LogP contribution in [0.25, 0.3) is 0 Å². The summed E-state index contributed by atoms with van der Waals surface area (Å²) in [6.07, 6.45) is 0. The van der Waals surface area contributed by atoms with Crippen LogP contribution in [-0.2, 0) is 6.61 Å². The molecule has 0 aliphatic heterocycles. The van der Waals surface area contributed by atoms with E-state index in [0.29, 0.717) is 11.6 Å². The maximum absolute atomic E-state index is 10.8. The molecule has 2 aromatic rings. The minimum absolute atomic E-state index is 0.0289. The second-order valence-electron chi connectivity index (χ2n) is 4.83. The van der Waals surface area contributed by atoms with Crippen LogP contribution in [0.3, 0.4) is 0 Å². The zero-order valence-electron chi connectivity index (χ0n) is 11.5. The topological polar surface area (TPSA) is 59.4 Å². The van der Waals surface area contributed by atoms with Gasteiger partial charge in [-0.25, -0.2) is 9.78 Å². The standard InChI is InChI=1S/C16H17NO3/c1-11(2)12-6-8-14(9-7-12)20-10-13-4-3-5-15(17-13)16(18)19/h3-9,11H,10H2,1-2H3,(H,18,19). The Bertz CT molecular complexity index is 591. The Morgan fingerprint density at radius 3 is 2.50 bits per heavy atom. The molecule has 0 atom stereocenters. The highest BCUT2D eigenvalue weighted by molar-refractivity contribution is 5.85. The molecule has 0 amide bonds. The van der Waals surface area contributed by atoms with Gasteiger partial charge in [0, 0.05) is 0 Å². The fraction of sp³-hybridized carbons (Fsp3) is 0.250. The molecular formula is C16H17NO3. The first-order valence-corrected chi connectivity index (χ1v) is 6.48. The van der Waals surface area contributed by atoms with Crippen LogP contribution in [0.15, 0.2) is 42.5 Å². The molecule has 0 aliphatic rings. The first kappa shape index (κ1) is 14.1. The molecule has 1 N–H and O–H groups in total. The predicted octanol–water partition coefficient (Wildman–Crippen LogP) is 3.48. The fourth-order valence-corrected chi connectivity index (χ4v) is 1.79. The highest BCUT2D eigenvalue weighted by Crippen LogP contribution is 2.19. The van der Waals surface area contributed by atoms with Gasteiger partial charge in [-0.05, 0) is 35.7 Å². The molecule has 20 heavy (non-hydrogen) atoms. The number of carboxylic acid groups (broad SMARTS) is 1. The van der Waals surface area contributed by atoms with Crippen molar-refractivity contribution in [3.8, 4) is 5.75 Å². The van der Waals surface area contributed by atoms with Crippen LogP contribution >= 0.6 is 0 Å². The minimum Gasteiger partial charge on any atom is -0.487 e. The Labute approximate surface area is 118 Å². The van der Waals surface area contributed by atoms with E-state index >= 15 is 0 Å². The normalized spacial score (nSPS) is 10.6. The van der Waals surface area contributed by atoms with E-state index in [9.17, 15) is 4.79 Å². The lowest BCUT2D eigenvalue weighted by Crippen LogP contribution is -2.05. The summed E-state index contributed by atoms with van der Waals surface area (Å²) >= 11 is 0. The van der Waals surface area contributed by atoms with Gasteiger partial charge in [-0.1, -0.05) is 32.0 Å². The van der Waals surface area contributed by atoms with Crippen molar-refractivity contribution in [2.24, 2.45) is 0 Å². The first-order chi connectivity index (χ1) is 9.56. The largest absolute Gasteiger partial charge is 0.487 e. The average Bonchev–Trinajstić information content (AvgIpc) is 2.46. The Hall–Kier alpha value is -2.36. The van der Waals surface area contributed by atoms with E-state index in [1.165, 1.54) is 11.6 Å². The van der Waals surface area contributed by atoms with Gasteiger partial charge in [0.2, 0.25) is 0 Å². The number of aromatic nitrogens is 1. The maximum Gasteiger partial charge on any atom is 0.354 e. The number of hydrogen-bond acceptors (Lipinski definition) is 3. The lowest BCUT2D eigenvalue weighted by atomic mass is 10.0. The van der Waals surface area contributed by atoms with E-state index in [1.807, 2.05) is 24.3 Å². The summed E-state index contributed by atoms with van der Waals surface area (Å²) in [7, 11) is 0. The SMILES string of the molecule is CC(C)c1ccc(OCc2cccc(C(=O)O)n2)cc1. The summed E-state index contributed by atoms with van der Waals surface area (Å²) in [6.45, 7) is 4.52. The fourth-order valence-electron chi connectivity index (χ4n) is 1.79. The molecule has 0 unspecified atom stereocenters.